The third kappa shape index (κ3) is 2.26. The predicted molar refractivity (Wildman–Crippen MR) is 123 cm³/mol. The van der Waals surface area contributed by atoms with E-state index in [0.717, 1.165) is 38.7 Å². The summed E-state index contributed by atoms with van der Waals surface area (Å²) >= 11 is 1.84. The predicted octanol–water partition coefficient (Wildman–Crippen LogP) is 7.48. The van der Waals surface area contributed by atoms with Crippen molar-refractivity contribution in [3.05, 3.63) is 77.4 Å². The number of nitrogens with zero attached hydrogens (tertiary/aromatic N) is 2. The van der Waals surface area contributed by atoms with Crippen LogP contribution in [0.1, 0.15) is 17.4 Å². The number of furan rings is 1. The number of rotatable bonds is 2. The van der Waals surface area contributed by atoms with E-state index >= 15 is 0 Å². The molecule has 4 heteroatoms. The first-order chi connectivity index (χ1) is 14.3. The largest absolute Gasteiger partial charge is 0.439 e. The number of hydrogen-bond acceptors (Lipinski definition) is 3. The van der Waals surface area contributed by atoms with Gasteiger partial charge in [0.1, 0.15) is 5.58 Å². The van der Waals surface area contributed by atoms with Crippen molar-refractivity contribution in [1.82, 2.24) is 9.55 Å². The molecule has 0 amide bonds. The van der Waals surface area contributed by atoms with Crippen molar-refractivity contribution in [2.75, 3.05) is 0 Å². The van der Waals surface area contributed by atoms with Gasteiger partial charge in [-0.1, -0.05) is 30.4 Å². The maximum absolute atomic E-state index is 6.34. The molecule has 4 heterocycles. The Balaban J connectivity index is 1.76. The van der Waals surface area contributed by atoms with Gasteiger partial charge in [0.15, 0.2) is 0 Å². The molecule has 0 aliphatic rings. The van der Waals surface area contributed by atoms with Crippen molar-refractivity contribution in [3.8, 4) is 5.69 Å². The summed E-state index contributed by atoms with van der Waals surface area (Å²) in [7, 11) is 0. The Morgan fingerprint density at radius 1 is 1.03 bits per heavy atom. The Kier molecular flexibility index (Phi) is 3.46. The Bertz CT molecular complexity index is 1580. The second kappa shape index (κ2) is 6.06. The lowest BCUT2D eigenvalue weighted by Gasteiger charge is -2.06. The molecule has 6 rings (SSSR count). The normalized spacial score (nSPS) is 12.3. The van der Waals surface area contributed by atoms with E-state index in [0.29, 0.717) is 0 Å². The van der Waals surface area contributed by atoms with Gasteiger partial charge < -0.3 is 4.42 Å². The van der Waals surface area contributed by atoms with Crippen molar-refractivity contribution < 1.29 is 4.42 Å². The Hall–Kier alpha value is -3.37. The minimum atomic E-state index is 0.869. The van der Waals surface area contributed by atoms with Crippen molar-refractivity contribution >= 4 is 60.5 Å². The molecule has 0 unspecified atom stereocenters. The summed E-state index contributed by atoms with van der Waals surface area (Å²) in [6.45, 7) is 4.25. The van der Waals surface area contributed by atoms with Crippen LogP contribution in [-0.2, 0) is 0 Å². The van der Waals surface area contributed by atoms with Gasteiger partial charge in [0, 0.05) is 37.6 Å². The highest BCUT2D eigenvalue weighted by atomic mass is 32.1. The van der Waals surface area contributed by atoms with E-state index in [2.05, 4.69) is 71.9 Å². The van der Waals surface area contributed by atoms with Crippen LogP contribution in [-0.4, -0.2) is 9.55 Å². The van der Waals surface area contributed by atoms with Gasteiger partial charge in [0.2, 0.25) is 5.71 Å². The smallest absolute Gasteiger partial charge is 0.213 e. The average molecular weight is 394 g/mol. The molecule has 0 saturated heterocycles. The van der Waals surface area contributed by atoms with Gasteiger partial charge in [0.05, 0.1) is 17.1 Å². The number of fused-ring (bicyclic) bond motifs is 6. The molecule has 0 atom stereocenters. The topological polar surface area (TPSA) is 31.0 Å². The van der Waals surface area contributed by atoms with Crippen LogP contribution in [0.2, 0.25) is 0 Å². The first-order valence-electron chi connectivity index (χ1n) is 9.68. The molecule has 4 aromatic heterocycles. The Morgan fingerprint density at radius 3 is 2.83 bits per heavy atom. The number of aromatic nitrogens is 2. The van der Waals surface area contributed by atoms with Gasteiger partial charge >= 0.3 is 0 Å². The number of thiophene rings is 1. The van der Waals surface area contributed by atoms with Crippen LogP contribution in [0.25, 0.3) is 54.8 Å². The summed E-state index contributed by atoms with van der Waals surface area (Å²) in [4.78, 5) is 5.73. The molecular formula is C25H18N2OS. The van der Waals surface area contributed by atoms with Crippen LogP contribution in [0.15, 0.2) is 71.4 Å². The van der Waals surface area contributed by atoms with Gasteiger partial charge in [-0.2, -0.15) is 0 Å². The Labute approximate surface area is 171 Å². The highest BCUT2D eigenvalue weighted by Gasteiger charge is 2.19. The maximum atomic E-state index is 6.34. The van der Waals surface area contributed by atoms with Gasteiger partial charge in [0.25, 0.3) is 0 Å². The molecule has 29 heavy (non-hydrogen) atoms. The minimum Gasteiger partial charge on any atom is -0.439 e. The lowest BCUT2D eigenvalue weighted by Crippen LogP contribution is -1.93. The fraction of sp³-hybridized carbons (Fsp3) is 0.0800. The number of aryl methyl sites for hydroxylation is 1. The number of pyridine rings is 1. The van der Waals surface area contributed by atoms with E-state index in [1.165, 1.54) is 20.5 Å². The second-order valence-corrected chi connectivity index (χ2v) is 8.52. The lowest BCUT2D eigenvalue weighted by molar-refractivity contribution is 0.645. The van der Waals surface area contributed by atoms with Crippen LogP contribution in [0, 0.1) is 6.92 Å². The third-order valence-corrected chi connectivity index (χ3v) is 6.68. The standard InChI is InChI=1S/C25H18N2OS/c1-3-6-17-15(2)29-23-10-9-16(13-20(17)23)27-21-14-26-12-11-18(21)24-19-7-4-5-8-22(19)28-25(24)27/h3-14H,1-2H3/b6-3-. The van der Waals surface area contributed by atoms with Crippen molar-refractivity contribution in [2.45, 2.75) is 13.8 Å². The summed E-state index contributed by atoms with van der Waals surface area (Å²) < 4.78 is 9.84. The zero-order chi connectivity index (χ0) is 19.5. The minimum absolute atomic E-state index is 0.869. The Morgan fingerprint density at radius 2 is 1.93 bits per heavy atom. The van der Waals surface area contributed by atoms with Crippen LogP contribution >= 0.6 is 11.3 Å². The number of benzene rings is 2. The van der Waals surface area contributed by atoms with Crippen LogP contribution in [0.5, 0.6) is 0 Å². The van der Waals surface area contributed by atoms with Gasteiger partial charge in [-0.05, 0) is 49.7 Å². The molecule has 0 N–H and O–H groups in total. The van der Waals surface area contributed by atoms with Crippen molar-refractivity contribution in [1.29, 1.82) is 0 Å². The average Bonchev–Trinajstić information content (AvgIpc) is 3.36. The highest BCUT2D eigenvalue weighted by Crippen LogP contribution is 2.40. The van der Waals surface area contributed by atoms with Crippen molar-refractivity contribution in [3.63, 3.8) is 0 Å². The molecule has 0 aliphatic heterocycles. The van der Waals surface area contributed by atoms with E-state index in [9.17, 15) is 0 Å². The molecule has 140 valence electrons. The second-order valence-electron chi connectivity index (χ2n) is 7.26. The summed E-state index contributed by atoms with van der Waals surface area (Å²) in [5, 5.41) is 4.72. The van der Waals surface area contributed by atoms with E-state index < -0.39 is 0 Å². The molecule has 0 spiro atoms. The molecule has 0 fully saturated rings. The van der Waals surface area contributed by atoms with Gasteiger partial charge in [-0.15, -0.1) is 11.3 Å². The highest BCUT2D eigenvalue weighted by molar-refractivity contribution is 7.19. The summed E-state index contributed by atoms with van der Waals surface area (Å²) in [6.07, 6.45) is 8.08. The van der Waals surface area contributed by atoms with E-state index in [1.807, 2.05) is 35.9 Å². The first kappa shape index (κ1) is 16.6. The molecule has 0 bridgehead atoms. The number of allylic oxidation sites excluding steroid dienone is 1. The van der Waals surface area contributed by atoms with E-state index in [1.54, 1.807) is 0 Å². The fourth-order valence-corrected chi connectivity index (χ4v) is 5.36. The third-order valence-electron chi connectivity index (χ3n) is 5.58. The number of para-hydroxylation sites is 1. The zero-order valence-corrected chi connectivity index (χ0v) is 17.0. The van der Waals surface area contributed by atoms with Gasteiger partial charge in [-0.3, -0.25) is 9.55 Å². The lowest BCUT2D eigenvalue weighted by atomic mass is 10.1. The summed E-state index contributed by atoms with van der Waals surface area (Å²) in [5.41, 5.74) is 5.23. The van der Waals surface area contributed by atoms with E-state index in [4.69, 9.17) is 4.42 Å². The molecule has 0 aliphatic carbocycles. The first-order valence-corrected chi connectivity index (χ1v) is 10.5. The number of hydrogen-bond donors (Lipinski definition) is 0. The van der Waals surface area contributed by atoms with Crippen molar-refractivity contribution in [2.24, 2.45) is 0 Å². The van der Waals surface area contributed by atoms with Crippen LogP contribution in [0.3, 0.4) is 0 Å². The summed E-state index contributed by atoms with van der Waals surface area (Å²) in [6, 6.07) is 17.0. The quantitative estimate of drug-likeness (QED) is 0.305. The van der Waals surface area contributed by atoms with E-state index in [-0.39, 0.29) is 0 Å². The van der Waals surface area contributed by atoms with Crippen LogP contribution in [0.4, 0.5) is 0 Å². The molecule has 2 aromatic carbocycles. The summed E-state index contributed by atoms with van der Waals surface area (Å²) in [5.74, 6) is 0. The maximum Gasteiger partial charge on any atom is 0.213 e. The molecule has 0 radical (unpaired) electrons. The van der Waals surface area contributed by atoms with Gasteiger partial charge in [-0.25, -0.2) is 0 Å². The SMILES string of the molecule is C/C=C\c1c(C)sc2ccc(-n3c4cnccc4c4c5ccccc5oc43)cc12. The fourth-order valence-electron chi connectivity index (χ4n) is 4.33. The molecular weight excluding hydrogens is 376 g/mol. The van der Waals surface area contributed by atoms with Crippen LogP contribution < -0.4 is 0 Å². The molecule has 3 nitrogen and oxygen atoms in total. The monoisotopic (exact) mass is 394 g/mol. The zero-order valence-electron chi connectivity index (χ0n) is 16.1. The molecule has 6 aromatic rings. The molecule has 0 saturated carbocycles.